The summed E-state index contributed by atoms with van der Waals surface area (Å²) in [6.45, 7) is 8.35. The topological polar surface area (TPSA) is 88.5 Å². The third-order valence-corrected chi connectivity index (χ3v) is 6.09. The molecule has 0 aliphatic carbocycles. The number of nitrogens with zero attached hydrogens (tertiary/aromatic N) is 3. The first-order valence-electron chi connectivity index (χ1n) is 11.6. The molecule has 8 nitrogen and oxygen atoms in total. The van der Waals surface area contributed by atoms with Gasteiger partial charge in [0.1, 0.15) is 18.1 Å². The Morgan fingerprint density at radius 1 is 1.03 bits per heavy atom. The molecule has 0 saturated heterocycles. The highest BCUT2D eigenvalue weighted by Gasteiger charge is 2.23. The molecule has 0 unspecified atom stereocenters. The Labute approximate surface area is 221 Å². The summed E-state index contributed by atoms with van der Waals surface area (Å²) in [6, 6.07) is 13.6. The third kappa shape index (κ3) is 6.92. The van der Waals surface area contributed by atoms with Gasteiger partial charge in [0.05, 0.1) is 28.5 Å². The van der Waals surface area contributed by atoms with Crippen LogP contribution in [0.4, 0.5) is 16.3 Å². The molecular weight excluding hydrogens is 501 g/mol. The monoisotopic (exact) mass is 531 g/mol. The molecular formula is C26H31Cl2N5O3. The fourth-order valence-corrected chi connectivity index (χ4v) is 3.71. The standard InChI is InChI=1S/C26H31Cl2N5O3/c1-6-13-32(25(35)29-17-7-12-20(27)21(28)14-17)16-24(34)30-23-15-22(26(2,3)4)31-33(23)18-8-10-19(36-5)11-9-18/h7-12,14-15H,6,13,16H2,1-5H3,(H,29,35)(H,30,34). The minimum atomic E-state index is -0.413. The molecule has 0 spiro atoms. The molecule has 3 aromatic rings. The van der Waals surface area contributed by atoms with E-state index in [0.29, 0.717) is 34.5 Å². The number of rotatable bonds is 8. The van der Waals surface area contributed by atoms with E-state index in [1.165, 1.54) is 4.90 Å². The van der Waals surface area contributed by atoms with Crippen molar-refractivity contribution < 1.29 is 14.3 Å². The van der Waals surface area contributed by atoms with Crippen LogP contribution in [0.1, 0.15) is 39.8 Å². The van der Waals surface area contributed by atoms with E-state index in [2.05, 4.69) is 31.4 Å². The smallest absolute Gasteiger partial charge is 0.322 e. The summed E-state index contributed by atoms with van der Waals surface area (Å²) in [5, 5.41) is 11.1. The van der Waals surface area contributed by atoms with Gasteiger partial charge in [-0.05, 0) is 48.9 Å². The minimum Gasteiger partial charge on any atom is -0.497 e. The first-order valence-corrected chi connectivity index (χ1v) is 12.3. The number of anilines is 2. The molecule has 1 heterocycles. The second-order valence-corrected chi connectivity index (χ2v) is 10.1. The van der Waals surface area contributed by atoms with Crippen LogP contribution in [0, 0.1) is 0 Å². The van der Waals surface area contributed by atoms with E-state index in [1.54, 1.807) is 30.0 Å². The van der Waals surface area contributed by atoms with Crippen LogP contribution in [0.5, 0.6) is 5.75 Å². The van der Waals surface area contributed by atoms with Crippen molar-refractivity contribution in [2.45, 2.75) is 39.5 Å². The van der Waals surface area contributed by atoms with Crippen molar-refractivity contribution in [2.24, 2.45) is 0 Å². The molecule has 192 valence electrons. The van der Waals surface area contributed by atoms with E-state index in [-0.39, 0.29) is 17.9 Å². The Bertz CT molecular complexity index is 1220. The second-order valence-electron chi connectivity index (χ2n) is 9.30. The fraction of sp³-hybridized carbons (Fsp3) is 0.346. The predicted molar refractivity (Wildman–Crippen MR) is 145 cm³/mol. The van der Waals surface area contributed by atoms with Gasteiger partial charge in [0.15, 0.2) is 0 Å². The summed E-state index contributed by atoms with van der Waals surface area (Å²) in [7, 11) is 1.60. The number of nitrogens with one attached hydrogen (secondary N) is 2. The van der Waals surface area contributed by atoms with Crippen molar-refractivity contribution in [3.05, 3.63) is 64.3 Å². The van der Waals surface area contributed by atoms with E-state index >= 15 is 0 Å². The average Bonchev–Trinajstić information content (AvgIpc) is 3.25. The maximum Gasteiger partial charge on any atom is 0.322 e. The number of amides is 3. The molecule has 36 heavy (non-hydrogen) atoms. The number of aromatic nitrogens is 2. The molecule has 0 radical (unpaired) electrons. The molecule has 3 amide bonds. The zero-order valence-electron chi connectivity index (χ0n) is 21.1. The Balaban J connectivity index is 1.79. The first kappa shape index (κ1) is 27.4. The summed E-state index contributed by atoms with van der Waals surface area (Å²) in [6.07, 6.45) is 0.681. The van der Waals surface area contributed by atoms with E-state index in [0.717, 1.165) is 17.1 Å². The number of halogens is 2. The van der Waals surface area contributed by atoms with E-state index in [9.17, 15) is 9.59 Å². The van der Waals surface area contributed by atoms with Gasteiger partial charge in [0.25, 0.3) is 0 Å². The van der Waals surface area contributed by atoms with Gasteiger partial charge in [-0.3, -0.25) is 4.79 Å². The van der Waals surface area contributed by atoms with Gasteiger partial charge >= 0.3 is 6.03 Å². The van der Waals surface area contributed by atoms with Crippen LogP contribution in [0.25, 0.3) is 5.69 Å². The lowest BCUT2D eigenvalue weighted by Gasteiger charge is -2.22. The molecule has 3 rings (SSSR count). The average molecular weight is 532 g/mol. The van der Waals surface area contributed by atoms with E-state index in [1.807, 2.05) is 37.3 Å². The molecule has 0 fully saturated rings. The number of urea groups is 1. The molecule has 1 aromatic heterocycles. The lowest BCUT2D eigenvalue weighted by Crippen LogP contribution is -2.41. The number of carbonyl (C=O) groups excluding carboxylic acids is 2. The molecule has 0 atom stereocenters. The van der Waals surface area contributed by atoms with Crippen molar-refractivity contribution >= 4 is 46.6 Å². The highest BCUT2D eigenvalue weighted by molar-refractivity contribution is 6.42. The van der Waals surface area contributed by atoms with Gasteiger partial charge in [-0.25, -0.2) is 9.48 Å². The van der Waals surface area contributed by atoms with E-state index in [4.69, 9.17) is 33.0 Å². The molecule has 10 heteroatoms. The number of hydrogen-bond donors (Lipinski definition) is 2. The summed E-state index contributed by atoms with van der Waals surface area (Å²) >= 11 is 12.0. The highest BCUT2D eigenvalue weighted by Crippen LogP contribution is 2.27. The normalized spacial score (nSPS) is 11.2. The van der Waals surface area contributed by atoms with Crippen LogP contribution in [-0.2, 0) is 10.2 Å². The van der Waals surface area contributed by atoms with Crippen LogP contribution in [0.15, 0.2) is 48.5 Å². The third-order valence-electron chi connectivity index (χ3n) is 5.35. The van der Waals surface area contributed by atoms with Crippen LogP contribution >= 0.6 is 23.2 Å². The van der Waals surface area contributed by atoms with Gasteiger partial charge < -0.3 is 20.3 Å². The van der Waals surface area contributed by atoms with Crippen molar-refractivity contribution in [1.82, 2.24) is 14.7 Å². The van der Waals surface area contributed by atoms with Gasteiger partial charge in [-0.2, -0.15) is 5.10 Å². The van der Waals surface area contributed by atoms with E-state index < -0.39 is 6.03 Å². The van der Waals surface area contributed by atoms with Crippen molar-refractivity contribution in [2.75, 3.05) is 30.8 Å². The Kier molecular flexibility index (Phi) is 8.87. The minimum absolute atomic E-state index is 0.139. The summed E-state index contributed by atoms with van der Waals surface area (Å²) in [5.74, 6) is 0.884. The number of ether oxygens (including phenoxy) is 1. The number of carbonyl (C=O) groups is 2. The van der Waals surface area contributed by atoms with Gasteiger partial charge in [-0.15, -0.1) is 0 Å². The van der Waals surface area contributed by atoms with Crippen LogP contribution < -0.4 is 15.4 Å². The summed E-state index contributed by atoms with van der Waals surface area (Å²) < 4.78 is 6.93. The second kappa shape index (κ2) is 11.7. The number of hydrogen-bond acceptors (Lipinski definition) is 4. The Hall–Kier alpha value is -3.23. The summed E-state index contributed by atoms with van der Waals surface area (Å²) in [4.78, 5) is 27.4. The maximum atomic E-state index is 13.1. The SMILES string of the molecule is CCCN(CC(=O)Nc1cc(C(C)(C)C)nn1-c1ccc(OC)cc1)C(=O)Nc1ccc(Cl)c(Cl)c1. The predicted octanol–water partition coefficient (Wildman–Crippen LogP) is 6.37. The van der Waals surface area contributed by atoms with Crippen LogP contribution in [-0.4, -0.2) is 46.8 Å². The van der Waals surface area contributed by atoms with Crippen LogP contribution in [0.2, 0.25) is 10.0 Å². The zero-order valence-corrected chi connectivity index (χ0v) is 22.6. The van der Waals surface area contributed by atoms with Crippen molar-refractivity contribution in [3.8, 4) is 11.4 Å². The summed E-state index contributed by atoms with van der Waals surface area (Å²) in [5.41, 5.74) is 1.84. The van der Waals surface area contributed by atoms with Crippen LogP contribution in [0.3, 0.4) is 0 Å². The molecule has 2 aromatic carbocycles. The maximum absolute atomic E-state index is 13.1. The van der Waals surface area contributed by atoms with Gasteiger partial charge in [0.2, 0.25) is 5.91 Å². The first-order chi connectivity index (χ1) is 17.0. The Morgan fingerprint density at radius 3 is 2.31 bits per heavy atom. The number of methoxy groups -OCH3 is 1. The molecule has 0 aliphatic heterocycles. The molecule has 0 bridgehead atoms. The molecule has 2 N–H and O–H groups in total. The molecule has 0 saturated carbocycles. The Morgan fingerprint density at radius 2 is 1.72 bits per heavy atom. The lowest BCUT2D eigenvalue weighted by atomic mass is 9.92. The fourth-order valence-electron chi connectivity index (χ4n) is 3.41. The van der Waals surface area contributed by atoms with Crippen molar-refractivity contribution in [1.29, 1.82) is 0 Å². The van der Waals surface area contributed by atoms with Gasteiger partial charge in [0, 0.05) is 23.7 Å². The quantitative estimate of drug-likeness (QED) is 0.353. The van der Waals surface area contributed by atoms with Crippen molar-refractivity contribution in [3.63, 3.8) is 0 Å². The van der Waals surface area contributed by atoms with Gasteiger partial charge in [-0.1, -0.05) is 50.9 Å². The number of benzene rings is 2. The zero-order chi connectivity index (χ0) is 26.5. The molecule has 0 aliphatic rings. The lowest BCUT2D eigenvalue weighted by molar-refractivity contribution is -0.116. The highest BCUT2D eigenvalue weighted by atomic mass is 35.5. The largest absolute Gasteiger partial charge is 0.497 e.